The van der Waals surface area contributed by atoms with Gasteiger partial charge in [0.1, 0.15) is 11.5 Å². The van der Waals surface area contributed by atoms with Crippen molar-refractivity contribution in [2.75, 3.05) is 26.8 Å². The second-order valence-corrected chi connectivity index (χ2v) is 8.02. The molecule has 0 aromatic heterocycles. The number of halogens is 1. The summed E-state index contributed by atoms with van der Waals surface area (Å²) in [4.78, 5) is 27.0. The van der Waals surface area contributed by atoms with Crippen LogP contribution in [0.25, 0.3) is 0 Å². The second-order valence-electron chi connectivity index (χ2n) is 7.61. The van der Waals surface area contributed by atoms with Crippen LogP contribution in [0.5, 0.6) is 11.5 Å². The van der Waals surface area contributed by atoms with E-state index in [0.29, 0.717) is 56.0 Å². The quantitative estimate of drug-likeness (QED) is 0.440. The van der Waals surface area contributed by atoms with Gasteiger partial charge in [0.05, 0.1) is 13.7 Å². The van der Waals surface area contributed by atoms with Crippen LogP contribution in [0.4, 0.5) is 0 Å². The molecule has 0 bridgehead atoms. The number of Topliss-reactive ketones (excluding diaryl/α,β-unsaturated/α-hetero) is 1. The maximum atomic E-state index is 12.7. The van der Waals surface area contributed by atoms with Gasteiger partial charge in [0.25, 0.3) is 0 Å². The molecule has 2 aromatic carbocycles. The molecule has 160 valence electrons. The molecular formula is C24H28ClNO4. The monoisotopic (exact) mass is 429 g/mol. The SMILES string of the molecule is COc1ccc(C(=O)C2CCN(C(=O)CCCOc3ccc(Cl)c(C)c3)CC2)cc1. The highest BCUT2D eigenvalue weighted by molar-refractivity contribution is 6.31. The minimum absolute atomic E-state index is 0.0288. The molecule has 1 amide bonds. The number of benzene rings is 2. The zero-order valence-electron chi connectivity index (χ0n) is 17.5. The first-order valence-electron chi connectivity index (χ1n) is 10.3. The first kappa shape index (κ1) is 22.2. The van der Waals surface area contributed by atoms with Crippen LogP contribution in [-0.2, 0) is 4.79 Å². The predicted octanol–water partition coefficient (Wildman–Crippen LogP) is 4.94. The predicted molar refractivity (Wildman–Crippen MR) is 118 cm³/mol. The third kappa shape index (κ3) is 5.76. The highest BCUT2D eigenvalue weighted by Crippen LogP contribution is 2.24. The zero-order chi connectivity index (χ0) is 21.5. The molecule has 0 atom stereocenters. The Morgan fingerprint density at radius 1 is 1.07 bits per heavy atom. The van der Waals surface area contributed by atoms with Crippen LogP contribution in [0.1, 0.15) is 41.6 Å². The molecule has 2 aromatic rings. The van der Waals surface area contributed by atoms with Crippen molar-refractivity contribution in [2.24, 2.45) is 5.92 Å². The van der Waals surface area contributed by atoms with Crippen molar-refractivity contribution >= 4 is 23.3 Å². The Balaban J connectivity index is 1.39. The van der Waals surface area contributed by atoms with Crippen LogP contribution in [0.2, 0.25) is 5.02 Å². The van der Waals surface area contributed by atoms with Gasteiger partial charge in [0.2, 0.25) is 5.91 Å². The number of rotatable bonds is 8. The standard InChI is InChI=1S/C24H28ClNO4/c1-17-16-21(9-10-22(17)25)30-15-3-4-23(27)26-13-11-19(12-14-26)24(28)18-5-7-20(29-2)8-6-18/h5-10,16,19H,3-4,11-15H2,1-2H3. The molecule has 1 saturated heterocycles. The minimum atomic E-state index is -0.0288. The number of ketones is 1. The lowest BCUT2D eigenvalue weighted by Gasteiger charge is -2.31. The summed E-state index contributed by atoms with van der Waals surface area (Å²) in [5, 5.41) is 0.714. The van der Waals surface area contributed by atoms with E-state index in [1.54, 1.807) is 31.4 Å². The molecule has 0 radical (unpaired) electrons. The Labute approximate surface area is 182 Å². The third-order valence-corrected chi connectivity index (χ3v) is 5.95. The number of piperidine rings is 1. The lowest BCUT2D eigenvalue weighted by molar-refractivity contribution is -0.132. The van der Waals surface area contributed by atoms with E-state index in [9.17, 15) is 9.59 Å². The largest absolute Gasteiger partial charge is 0.497 e. The molecule has 0 saturated carbocycles. The van der Waals surface area contributed by atoms with Crippen molar-refractivity contribution in [2.45, 2.75) is 32.6 Å². The van der Waals surface area contributed by atoms with Crippen LogP contribution < -0.4 is 9.47 Å². The number of likely N-dealkylation sites (tertiary alicyclic amines) is 1. The molecule has 5 nitrogen and oxygen atoms in total. The minimum Gasteiger partial charge on any atom is -0.497 e. The maximum absolute atomic E-state index is 12.7. The maximum Gasteiger partial charge on any atom is 0.222 e. The zero-order valence-corrected chi connectivity index (χ0v) is 18.3. The summed E-state index contributed by atoms with van der Waals surface area (Å²) in [5.74, 6) is 1.75. The molecule has 30 heavy (non-hydrogen) atoms. The van der Waals surface area contributed by atoms with Gasteiger partial charge in [-0.3, -0.25) is 9.59 Å². The summed E-state index contributed by atoms with van der Waals surface area (Å²) in [7, 11) is 1.61. The van der Waals surface area contributed by atoms with Crippen molar-refractivity contribution in [3.63, 3.8) is 0 Å². The summed E-state index contributed by atoms with van der Waals surface area (Å²) < 4.78 is 10.9. The van der Waals surface area contributed by atoms with Crippen molar-refractivity contribution in [1.82, 2.24) is 4.90 Å². The number of nitrogens with zero attached hydrogens (tertiary/aromatic N) is 1. The summed E-state index contributed by atoms with van der Waals surface area (Å²) in [6, 6.07) is 12.8. The van der Waals surface area contributed by atoms with E-state index < -0.39 is 0 Å². The molecule has 1 aliphatic heterocycles. The second kappa shape index (κ2) is 10.5. The number of methoxy groups -OCH3 is 1. The topological polar surface area (TPSA) is 55.8 Å². The Kier molecular flexibility index (Phi) is 7.75. The molecule has 6 heteroatoms. The van der Waals surface area contributed by atoms with Gasteiger partial charge < -0.3 is 14.4 Å². The number of aryl methyl sites for hydroxylation is 1. The number of carbonyl (C=O) groups is 2. The molecule has 0 N–H and O–H groups in total. The Bertz CT molecular complexity index is 873. The summed E-state index contributed by atoms with van der Waals surface area (Å²) >= 11 is 6.01. The van der Waals surface area contributed by atoms with Crippen molar-refractivity contribution in [1.29, 1.82) is 0 Å². The van der Waals surface area contributed by atoms with E-state index in [-0.39, 0.29) is 17.6 Å². The summed E-state index contributed by atoms with van der Waals surface area (Å²) in [6.07, 6.45) is 2.52. The van der Waals surface area contributed by atoms with E-state index in [0.717, 1.165) is 17.1 Å². The number of hydrogen-bond donors (Lipinski definition) is 0. The van der Waals surface area contributed by atoms with Crippen LogP contribution >= 0.6 is 11.6 Å². The normalized spacial score (nSPS) is 14.4. The van der Waals surface area contributed by atoms with E-state index in [2.05, 4.69) is 0 Å². The van der Waals surface area contributed by atoms with Gasteiger partial charge in [-0.25, -0.2) is 0 Å². The fourth-order valence-electron chi connectivity index (χ4n) is 3.66. The number of ether oxygens (including phenoxy) is 2. The molecule has 1 aliphatic rings. The van der Waals surface area contributed by atoms with E-state index in [4.69, 9.17) is 21.1 Å². The van der Waals surface area contributed by atoms with E-state index >= 15 is 0 Å². The first-order chi connectivity index (χ1) is 14.5. The van der Waals surface area contributed by atoms with Gasteiger partial charge in [0.15, 0.2) is 5.78 Å². The molecule has 0 unspecified atom stereocenters. The van der Waals surface area contributed by atoms with Crippen molar-refractivity contribution in [3.05, 3.63) is 58.6 Å². The van der Waals surface area contributed by atoms with Gasteiger partial charge in [-0.2, -0.15) is 0 Å². The van der Waals surface area contributed by atoms with Crippen LogP contribution in [0.3, 0.4) is 0 Å². The molecule has 0 spiro atoms. The Hall–Kier alpha value is -2.53. The Morgan fingerprint density at radius 2 is 1.73 bits per heavy atom. The molecular weight excluding hydrogens is 402 g/mol. The molecule has 0 aliphatic carbocycles. The van der Waals surface area contributed by atoms with Gasteiger partial charge in [0, 0.05) is 36.0 Å². The molecule has 3 rings (SSSR count). The fraction of sp³-hybridized carbons (Fsp3) is 0.417. The average Bonchev–Trinajstić information content (AvgIpc) is 2.78. The smallest absolute Gasteiger partial charge is 0.222 e. The number of hydrogen-bond acceptors (Lipinski definition) is 4. The van der Waals surface area contributed by atoms with Crippen LogP contribution in [0.15, 0.2) is 42.5 Å². The average molecular weight is 430 g/mol. The summed E-state index contributed by atoms with van der Waals surface area (Å²) in [6.45, 7) is 3.67. The van der Waals surface area contributed by atoms with Crippen LogP contribution in [0, 0.1) is 12.8 Å². The van der Waals surface area contributed by atoms with Gasteiger partial charge in [-0.15, -0.1) is 0 Å². The highest BCUT2D eigenvalue weighted by Gasteiger charge is 2.27. The van der Waals surface area contributed by atoms with Crippen LogP contribution in [-0.4, -0.2) is 43.4 Å². The van der Waals surface area contributed by atoms with Crippen molar-refractivity contribution in [3.8, 4) is 11.5 Å². The Morgan fingerprint density at radius 3 is 2.37 bits per heavy atom. The summed E-state index contributed by atoms with van der Waals surface area (Å²) in [5.41, 5.74) is 1.67. The van der Waals surface area contributed by atoms with E-state index in [1.807, 2.05) is 30.0 Å². The lowest BCUT2D eigenvalue weighted by Crippen LogP contribution is -2.40. The number of amides is 1. The number of carbonyl (C=O) groups excluding carboxylic acids is 2. The van der Waals surface area contributed by atoms with Gasteiger partial charge >= 0.3 is 0 Å². The molecule has 1 heterocycles. The highest BCUT2D eigenvalue weighted by atomic mass is 35.5. The lowest BCUT2D eigenvalue weighted by atomic mass is 9.88. The van der Waals surface area contributed by atoms with E-state index in [1.165, 1.54) is 0 Å². The van der Waals surface area contributed by atoms with Gasteiger partial charge in [-0.1, -0.05) is 11.6 Å². The first-order valence-corrected chi connectivity index (χ1v) is 10.7. The van der Waals surface area contributed by atoms with Crippen molar-refractivity contribution < 1.29 is 19.1 Å². The molecule has 1 fully saturated rings. The third-order valence-electron chi connectivity index (χ3n) is 5.53. The fourth-order valence-corrected chi connectivity index (χ4v) is 3.78. The van der Waals surface area contributed by atoms with Gasteiger partial charge in [-0.05, 0) is 74.2 Å².